The summed E-state index contributed by atoms with van der Waals surface area (Å²) in [6, 6.07) is 0. The van der Waals surface area contributed by atoms with E-state index in [-0.39, 0.29) is 12.5 Å². The molecule has 0 bridgehead atoms. The van der Waals surface area contributed by atoms with Gasteiger partial charge in [-0.05, 0) is 6.42 Å². The summed E-state index contributed by atoms with van der Waals surface area (Å²) in [6.45, 7) is 2.72. The molecule has 0 aliphatic rings. The number of nitrogens with zero attached hydrogens (tertiary/aromatic N) is 2. The largest absolute Gasteiger partial charge is 0.474 e. The Kier molecular flexibility index (Phi) is 3.39. The minimum atomic E-state index is -1.23. The van der Waals surface area contributed by atoms with Gasteiger partial charge < -0.3 is 14.3 Å². The Morgan fingerprint density at radius 2 is 2.38 bits per heavy atom. The summed E-state index contributed by atoms with van der Waals surface area (Å²) in [7, 11) is 0. The summed E-state index contributed by atoms with van der Waals surface area (Å²) in [5.41, 5.74) is 0. The van der Waals surface area contributed by atoms with Crippen molar-refractivity contribution in [2.45, 2.75) is 20.0 Å². The first-order valence-corrected chi connectivity index (χ1v) is 3.87. The minimum Gasteiger partial charge on any atom is -0.474 e. The van der Waals surface area contributed by atoms with Crippen LogP contribution >= 0.6 is 0 Å². The van der Waals surface area contributed by atoms with Crippen molar-refractivity contribution in [3.63, 3.8) is 0 Å². The number of ether oxygens (including phenoxy) is 1. The molecule has 0 spiro atoms. The normalized spacial score (nSPS) is 10.2. The van der Waals surface area contributed by atoms with Crippen molar-refractivity contribution in [1.29, 1.82) is 0 Å². The third-order valence-electron chi connectivity index (χ3n) is 1.22. The van der Waals surface area contributed by atoms with E-state index in [0.717, 1.165) is 6.42 Å². The molecule has 72 valence electrons. The van der Waals surface area contributed by atoms with Crippen LogP contribution in [0.3, 0.4) is 0 Å². The molecule has 13 heavy (non-hydrogen) atoms. The van der Waals surface area contributed by atoms with E-state index in [9.17, 15) is 4.79 Å². The molecule has 0 unspecified atom stereocenters. The maximum absolute atomic E-state index is 10.3. The van der Waals surface area contributed by atoms with Crippen LogP contribution in [0.5, 0.6) is 0 Å². The lowest BCUT2D eigenvalue weighted by Crippen LogP contribution is -1.95. The molecule has 0 atom stereocenters. The van der Waals surface area contributed by atoms with Crippen LogP contribution in [0, 0.1) is 0 Å². The highest BCUT2D eigenvalue weighted by Crippen LogP contribution is 2.01. The summed E-state index contributed by atoms with van der Waals surface area (Å²) in [4.78, 5) is 10.3. The lowest BCUT2D eigenvalue weighted by molar-refractivity contribution is 0.0638. The van der Waals surface area contributed by atoms with Crippen molar-refractivity contribution in [3.05, 3.63) is 11.8 Å². The fourth-order valence-corrected chi connectivity index (χ4v) is 0.702. The Balaban J connectivity index is 2.44. The van der Waals surface area contributed by atoms with E-state index in [1.807, 2.05) is 6.92 Å². The molecule has 6 heteroatoms. The van der Waals surface area contributed by atoms with E-state index in [0.29, 0.717) is 6.61 Å². The zero-order valence-electron chi connectivity index (χ0n) is 7.19. The average molecular weight is 186 g/mol. The van der Waals surface area contributed by atoms with E-state index in [4.69, 9.17) is 14.3 Å². The van der Waals surface area contributed by atoms with Crippen LogP contribution in [0.1, 0.15) is 29.9 Å². The first-order valence-electron chi connectivity index (χ1n) is 3.87. The van der Waals surface area contributed by atoms with Gasteiger partial charge in [-0.1, -0.05) is 6.92 Å². The topological polar surface area (TPSA) is 85.5 Å². The summed E-state index contributed by atoms with van der Waals surface area (Å²) < 4.78 is 9.82. The van der Waals surface area contributed by atoms with Crippen LogP contribution in [-0.2, 0) is 11.3 Å². The molecule has 1 rings (SSSR count). The molecule has 1 aromatic rings. The Labute approximate surface area is 74.5 Å². The van der Waals surface area contributed by atoms with Crippen LogP contribution in [0.15, 0.2) is 4.42 Å². The van der Waals surface area contributed by atoms with Crippen molar-refractivity contribution in [1.82, 2.24) is 10.2 Å². The van der Waals surface area contributed by atoms with Crippen molar-refractivity contribution < 1.29 is 19.1 Å². The standard InChI is InChI=1S/C7H10N2O4/c1-2-3-12-4-5-8-9-6(13-5)7(10)11/h2-4H2,1H3,(H,10,11). The Bertz CT molecular complexity index is 284. The fraction of sp³-hybridized carbons (Fsp3) is 0.571. The lowest BCUT2D eigenvalue weighted by Gasteiger charge is -1.95. The van der Waals surface area contributed by atoms with E-state index < -0.39 is 11.9 Å². The molecule has 1 heterocycles. The number of carboxylic acids is 1. The highest BCUT2D eigenvalue weighted by Gasteiger charge is 2.12. The van der Waals surface area contributed by atoms with Gasteiger partial charge in [-0.15, -0.1) is 10.2 Å². The molecular formula is C7H10N2O4. The molecule has 0 radical (unpaired) electrons. The van der Waals surface area contributed by atoms with Gasteiger partial charge in [-0.25, -0.2) is 4.79 Å². The third-order valence-corrected chi connectivity index (χ3v) is 1.22. The highest BCUT2D eigenvalue weighted by molar-refractivity contribution is 5.81. The van der Waals surface area contributed by atoms with Crippen LogP contribution < -0.4 is 0 Å². The van der Waals surface area contributed by atoms with Crippen LogP contribution in [0.4, 0.5) is 0 Å². The van der Waals surface area contributed by atoms with Crippen molar-refractivity contribution >= 4 is 5.97 Å². The van der Waals surface area contributed by atoms with E-state index in [1.165, 1.54) is 0 Å². The van der Waals surface area contributed by atoms with E-state index in [2.05, 4.69) is 10.2 Å². The zero-order chi connectivity index (χ0) is 9.68. The minimum absolute atomic E-state index is 0.161. The second-order valence-electron chi connectivity index (χ2n) is 2.36. The first-order chi connectivity index (χ1) is 6.24. The van der Waals surface area contributed by atoms with E-state index in [1.54, 1.807) is 0 Å². The fourth-order valence-electron chi connectivity index (χ4n) is 0.702. The van der Waals surface area contributed by atoms with Gasteiger partial charge in [0, 0.05) is 6.61 Å². The number of hydrogen-bond acceptors (Lipinski definition) is 5. The number of aromatic carboxylic acids is 1. The lowest BCUT2D eigenvalue weighted by atomic mass is 10.5. The molecule has 0 saturated carbocycles. The molecule has 0 amide bonds. The van der Waals surface area contributed by atoms with E-state index >= 15 is 0 Å². The molecule has 0 fully saturated rings. The van der Waals surface area contributed by atoms with Gasteiger partial charge in [0.25, 0.3) is 0 Å². The maximum atomic E-state index is 10.3. The van der Waals surface area contributed by atoms with Crippen LogP contribution in [-0.4, -0.2) is 27.9 Å². The number of carbonyl (C=O) groups is 1. The van der Waals surface area contributed by atoms with Gasteiger partial charge in [0.05, 0.1) is 0 Å². The second-order valence-corrected chi connectivity index (χ2v) is 2.36. The molecular weight excluding hydrogens is 176 g/mol. The first kappa shape index (κ1) is 9.66. The predicted octanol–water partition coefficient (Wildman–Crippen LogP) is 0.694. The average Bonchev–Trinajstić information content (AvgIpc) is 2.53. The second kappa shape index (κ2) is 4.56. The SMILES string of the molecule is CCCOCc1nnc(C(=O)O)o1. The summed E-state index contributed by atoms with van der Waals surface area (Å²) in [5, 5.41) is 15.2. The number of hydrogen-bond donors (Lipinski definition) is 1. The molecule has 1 N–H and O–H groups in total. The van der Waals surface area contributed by atoms with Gasteiger partial charge in [0.1, 0.15) is 6.61 Å². The number of aromatic nitrogens is 2. The van der Waals surface area contributed by atoms with Gasteiger partial charge in [0.2, 0.25) is 5.89 Å². The van der Waals surface area contributed by atoms with Crippen LogP contribution in [0.2, 0.25) is 0 Å². The quantitative estimate of drug-likeness (QED) is 0.681. The van der Waals surface area contributed by atoms with Gasteiger partial charge >= 0.3 is 11.9 Å². The molecule has 0 saturated heterocycles. The van der Waals surface area contributed by atoms with Crippen molar-refractivity contribution in [3.8, 4) is 0 Å². The van der Waals surface area contributed by atoms with Crippen molar-refractivity contribution in [2.75, 3.05) is 6.61 Å². The Morgan fingerprint density at radius 1 is 1.62 bits per heavy atom. The third kappa shape index (κ3) is 2.83. The predicted molar refractivity (Wildman–Crippen MR) is 41.2 cm³/mol. The van der Waals surface area contributed by atoms with Gasteiger partial charge in [-0.2, -0.15) is 0 Å². The monoisotopic (exact) mass is 186 g/mol. The van der Waals surface area contributed by atoms with Crippen molar-refractivity contribution in [2.24, 2.45) is 0 Å². The maximum Gasteiger partial charge on any atom is 0.393 e. The zero-order valence-corrected chi connectivity index (χ0v) is 7.19. The molecule has 0 aliphatic carbocycles. The molecule has 0 aliphatic heterocycles. The Morgan fingerprint density at radius 3 is 2.92 bits per heavy atom. The van der Waals surface area contributed by atoms with Gasteiger partial charge in [-0.3, -0.25) is 0 Å². The Hall–Kier alpha value is -1.43. The summed E-state index contributed by atoms with van der Waals surface area (Å²) in [5.74, 6) is -1.45. The molecule has 6 nitrogen and oxygen atoms in total. The molecule has 0 aromatic carbocycles. The smallest absolute Gasteiger partial charge is 0.393 e. The van der Waals surface area contributed by atoms with Crippen LogP contribution in [0.25, 0.3) is 0 Å². The number of carboxylic acid groups (broad SMARTS) is 1. The number of rotatable bonds is 5. The molecule has 1 aromatic heterocycles. The summed E-state index contributed by atoms with van der Waals surface area (Å²) in [6.07, 6.45) is 0.889. The highest BCUT2D eigenvalue weighted by atomic mass is 16.5. The van der Waals surface area contributed by atoms with Gasteiger partial charge in [0.15, 0.2) is 0 Å². The summed E-state index contributed by atoms with van der Waals surface area (Å²) >= 11 is 0.